The second-order valence-corrected chi connectivity index (χ2v) is 7.42. The van der Waals surface area contributed by atoms with Gasteiger partial charge >= 0.3 is 0 Å². The maximum atomic E-state index is 14.5. The fourth-order valence-corrected chi connectivity index (χ4v) is 3.81. The molecule has 28 heavy (non-hydrogen) atoms. The molecule has 3 aromatic rings. The molecule has 144 valence electrons. The highest BCUT2D eigenvalue weighted by Crippen LogP contribution is 2.27. The Hall–Kier alpha value is -3.00. The fraction of sp³-hybridized carbons (Fsp3) is 0.200. The van der Waals surface area contributed by atoms with E-state index >= 15 is 0 Å². The van der Waals surface area contributed by atoms with E-state index in [0.717, 1.165) is 16.3 Å². The van der Waals surface area contributed by atoms with E-state index in [2.05, 4.69) is 4.98 Å². The van der Waals surface area contributed by atoms with Gasteiger partial charge in [-0.2, -0.15) is 0 Å². The zero-order chi connectivity index (χ0) is 20.4. The number of para-hydroxylation sites is 2. The van der Waals surface area contributed by atoms with Crippen LogP contribution in [0.5, 0.6) is 0 Å². The van der Waals surface area contributed by atoms with E-state index in [4.69, 9.17) is 0 Å². The SMILES string of the molecule is CC(=O)C(Sc1nc2ccccc2c(=O)n1-c1ccccc1F)C(=O)N(C)C. The van der Waals surface area contributed by atoms with Gasteiger partial charge in [0, 0.05) is 14.1 Å². The lowest BCUT2D eigenvalue weighted by molar-refractivity contribution is -0.132. The van der Waals surface area contributed by atoms with Crippen LogP contribution in [0.2, 0.25) is 0 Å². The molecule has 0 saturated heterocycles. The standard InChI is InChI=1S/C20H18FN3O3S/c1-12(25)17(19(27)23(2)3)28-20-22-15-10-6-4-8-13(15)18(26)24(20)16-11-7-5-9-14(16)21/h4-11,17H,1-3H3. The number of Topliss-reactive ketones (excluding diaryl/α,β-unsaturated/α-hetero) is 1. The third kappa shape index (κ3) is 3.68. The van der Waals surface area contributed by atoms with Crippen LogP contribution in [-0.2, 0) is 9.59 Å². The minimum Gasteiger partial charge on any atom is -0.347 e. The van der Waals surface area contributed by atoms with Gasteiger partial charge in [-0.3, -0.25) is 19.0 Å². The van der Waals surface area contributed by atoms with Crippen LogP contribution in [0.25, 0.3) is 16.6 Å². The van der Waals surface area contributed by atoms with Gasteiger partial charge in [0.05, 0.1) is 16.6 Å². The summed E-state index contributed by atoms with van der Waals surface area (Å²) in [5.74, 6) is -1.42. The smallest absolute Gasteiger partial charge is 0.266 e. The molecule has 8 heteroatoms. The van der Waals surface area contributed by atoms with Gasteiger partial charge in [0.1, 0.15) is 11.1 Å². The number of thioether (sulfide) groups is 1. The van der Waals surface area contributed by atoms with E-state index in [1.807, 2.05) is 0 Å². The van der Waals surface area contributed by atoms with Gasteiger partial charge in [0.25, 0.3) is 5.56 Å². The van der Waals surface area contributed by atoms with E-state index < -0.39 is 22.5 Å². The van der Waals surface area contributed by atoms with Crippen molar-refractivity contribution >= 4 is 34.4 Å². The molecule has 1 heterocycles. The Morgan fingerprint density at radius 3 is 2.39 bits per heavy atom. The third-order valence-corrected chi connectivity index (χ3v) is 5.35. The Morgan fingerprint density at radius 1 is 1.11 bits per heavy atom. The number of hydrogen-bond acceptors (Lipinski definition) is 5. The van der Waals surface area contributed by atoms with E-state index in [0.29, 0.717) is 10.9 Å². The van der Waals surface area contributed by atoms with Crippen LogP contribution in [-0.4, -0.2) is 45.5 Å². The van der Waals surface area contributed by atoms with Crippen LogP contribution < -0.4 is 5.56 Å². The number of rotatable bonds is 5. The zero-order valence-corrected chi connectivity index (χ0v) is 16.4. The number of halogens is 1. The first kappa shape index (κ1) is 19.8. The topological polar surface area (TPSA) is 72.3 Å². The zero-order valence-electron chi connectivity index (χ0n) is 15.5. The van der Waals surface area contributed by atoms with Crippen molar-refractivity contribution in [2.45, 2.75) is 17.3 Å². The fourth-order valence-electron chi connectivity index (χ4n) is 2.68. The van der Waals surface area contributed by atoms with Crippen molar-refractivity contribution < 1.29 is 14.0 Å². The van der Waals surface area contributed by atoms with Crippen LogP contribution in [0.3, 0.4) is 0 Å². The van der Waals surface area contributed by atoms with Gasteiger partial charge in [-0.1, -0.05) is 36.0 Å². The molecule has 0 saturated carbocycles. The summed E-state index contributed by atoms with van der Waals surface area (Å²) in [7, 11) is 3.08. The molecule has 0 bridgehead atoms. The number of aromatic nitrogens is 2. The van der Waals surface area contributed by atoms with Crippen molar-refractivity contribution in [1.82, 2.24) is 14.5 Å². The summed E-state index contributed by atoms with van der Waals surface area (Å²) < 4.78 is 15.6. The molecule has 2 aromatic carbocycles. The minimum atomic E-state index is -1.10. The van der Waals surface area contributed by atoms with Gasteiger partial charge in [0.2, 0.25) is 5.91 Å². The number of benzene rings is 2. The minimum absolute atomic E-state index is 0.00728. The van der Waals surface area contributed by atoms with Crippen LogP contribution in [0.15, 0.2) is 58.5 Å². The number of carbonyl (C=O) groups is 2. The second kappa shape index (κ2) is 7.93. The summed E-state index contributed by atoms with van der Waals surface area (Å²) in [5.41, 5.74) is -0.0622. The summed E-state index contributed by atoms with van der Waals surface area (Å²) in [5, 5.41) is -0.710. The quantitative estimate of drug-likeness (QED) is 0.375. The number of carbonyl (C=O) groups excluding carboxylic acids is 2. The number of nitrogens with zero attached hydrogens (tertiary/aromatic N) is 3. The monoisotopic (exact) mass is 399 g/mol. The van der Waals surface area contributed by atoms with Crippen LogP contribution >= 0.6 is 11.8 Å². The first-order valence-corrected chi connectivity index (χ1v) is 9.34. The van der Waals surface area contributed by atoms with Gasteiger partial charge in [-0.05, 0) is 31.2 Å². The van der Waals surface area contributed by atoms with Gasteiger partial charge in [-0.25, -0.2) is 9.37 Å². The summed E-state index contributed by atoms with van der Waals surface area (Å²) >= 11 is 0.837. The Kier molecular flexibility index (Phi) is 5.60. The average molecular weight is 399 g/mol. The summed E-state index contributed by atoms with van der Waals surface area (Å²) in [4.78, 5) is 43.4. The number of fused-ring (bicyclic) bond motifs is 1. The van der Waals surface area contributed by atoms with Crippen molar-refractivity contribution in [3.8, 4) is 5.69 Å². The molecule has 3 rings (SSSR count). The number of amides is 1. The highest BCUT2D eigenvalue weighted by molar-refractivity contribution is 8.01. The largest absolute Gasteiger partial charge is 0.347 e. The van der Waals surface area contributed by atoms with E-state index in [1.165, 1.54) is 44.1 Å². The molecular weight excluding hydrogens is 381 g/mol. The summed E-state index contributed by atoms with van der Waals surface area (Å²) in [6.07, 6.45) is 0. The molecule has 0 fully saturated rings. The van der Waals surface area contributed by atoms with Crippen molar-refractivity contribution in [2.24, 2.45) is 0 Å². The predicted molar refractivity (Wildman–Crippen MR) is 106 cm³/mol. The number of hydrogen-bond donors (Lipinski definition) is 0. The molecule has 1 atom stereocenters. The van der Waals surface area contributed by atoms with E-state index in [-0.39, 0.29) is 16.6 Å². The molecule has 0 N–H and O–H groups in total. The maximum absolute atomic E-state index is 14.5. The molecule has 1 aromatic heterocycles. The van der Waals surface area contributed by atoms with Crippen LogP contribution in [0.4, 0.5) is 4.39 Å². The lowest BCUT2D eigenvalue weighted by Gasteiger charge is -2.20. The van der Waals surface area contributed by atoms with Gasteiger partial charge in [-0.15, -0.1) is 0 Å². The molecule has 0 aliphatic rings. The van der Waals surface area contributed by atoms with E-state index in [9.17, 15) is 18.8 Å². The van der Waals surface area contributed by atoms with Crippen molar-refractivity contribution in [3.63, 3.8) is 0 Å². The molecular formula is C20H18FN3O3S. The van der Waals surface area contributed by atoms with Crippen LogP contribution in [0, 0.1) is 5.82 Å². The van der Waals surface area contributed by atoms with Crippen molar-refractivity contribution in [1.29, 1.82) is 0 Å². The Balaban J connectivity index is 2.27. The molecule has 0 aliphatic carbocycles. The van der Waals surface area contributed by atoms with Crippen molar-refractivity contribution in [2.75, 3.05) is 14.1 Å². The maximum Gasteiger partial charge on any atom is 0.266 e. The molecule has 0 radical (unpaired) electrons. The Morgan fingerprint density at radius 2 is 1.75 bits per heavy atom. The first-order valence-electron chi connectivity index (χ1n) is 8.46. The van der Waals surface area contributed by atoms with Crippen molar-refractivity contribution in [3.05, 3.63) is 64.7 Å². The average Bonchev–Trinajstić information content (AvgIpc) is 2.66. The molecule has 0 aliphatic heterocycles. The lowest BCUT2D eigenvalue weighted by Crippen LogP contribution is -2.36. The normalized spacial score (nSPS) is 12.0. The van der Waals surface area contributed by atoms with E-state index in [1.54, 1.807) is 30.3 Å². The Labute approximate surface area is 165 Å². The molecule has 1 amide bonds. The summed E-state index contributed by atoms with van der Waals surface area (Å²) in [6.45, 7) is 1.30. The highest BCUT2D eigenvalue weighted by atomic mass is 32.2. The lowest BCUT2D eigenvalue weighted by atomic mass is 10.2. The highest BCUT2D eigenvalue weighted by Gasteiger charge is 2.29. The third-order valence-electron chi connectivity index (χ3n) is 4.10. The Bertz CT molecular complexity index is 1130. The molecule has 6 nitrogen and oxygen atoms in total. The number of ketones is 1. The summed E-state index contributed by atoms with van der Waals surface area (Å²) in [6, 6.07) is 12.5. The van der Waals surface area contributed by atoms with Crippen LogP contribution in [0.1, 0.15) is 6.92 Å². The predicted octanol–water partition coefficient (Wildman–Crippen LogP) is 2.66. The first-order chi connectivity index (χ1) is 13.3. The van der Waals surface area contributed by atoms with Gasteiger partial charge < -0.3 is 4.90 Å². The molecule has 0 spiro atoms. The molecule has 1 unspecified atom stereocenters. The second-order valence-electron chi connectivity index (χ2n) is 6.34. The van der Waals surface area contributed by atoms with Gasteiger partial charge in [0.15, 0.2) is 10.9 Å².